The Bertz CT molecular complexity index is 150. The van der Waals surface area contributed by atoms with Gasteiger partial charge >= 0.3 is 0 Å². The third-order valence-corrected chi connectivity index (χ3v) is 1.77. The Morgan fingerprint density at radius 3 is 2.00 bits per heavy atom. The first-order valence-electron chi connectivity index (χ1n) is 2.89. The molecule has 0 fully saturated rings. The van der Waals surface area contributed by atoms with Crippen LogP contribution in [0.1, 0.15) is 13.8 Å². The van der Waals surface area contributed by atoms with E-state index in [1.807, 2.05) is 0 Å². The van der Waals surface area contributed by atoms with Crippen LogP contribution in [0, 0.1) is 17.2 Å². The highest BCUT2D eigenvalue weighted by Gasteiger charge is 2.35. The number of hydrogen-bond donors (Lipinski definition) is 1. The highest BCUT2D eigenvalue weighted by molar-refractivity contribution is 6.50. The second-order valence-electron chi connectivity index (χ2n) is 2.42. The summed E-state index contributed by atoms with van der Waals surface area (Å²) in [7, 11) is 0. The topological polar surface area (TPSA) is 44.0 Å². The van der Waals surface area contributed by atoms with Crippen molar-refractivity contribution in [1.29, 1.82) is 5.26 Å². The first-order valence-corrected chi connectivity index (χ1v) is 3.64. The molecule has 0 aromatic heterocycles. The van der Waals surface area contributed by atoms with Gasteiger partial charge in [0.15, 0.2) is 0 Å². The molecule has 58 valence electrons. The molecule has 0 spiro atoms. The van der Waals surface area contributed by atoms with Crippen molar-refractivity contribution in [3.63, 3.8) is 0 Å². The van der Waals surface area contributed by atoms with Gasteiger partial charge in [-0.25, -0.2) is 0 Å². The summed E-state index contributed by atoms with van der Waals surface area (Å²) >= 11 is 10.8. The van der Waals surface area contributed by atoms with Gasteiger partial charge in [0.2, 0.25) is 4.33 Å². The Labute approximate surface area is 70.4 Å². The van der Waals surface area contributed by atoms with E-state index in [4.69, 9.17) is 33.6 Å². The second-order valence-corrected chi connectivity index (χ2v) is 3.81. The van der Waals surface area contributed by atoms with Crippen molar-refractivity contribution in [1.82, 2.24) is 0 Å². The summed E-state index contributed by atoms with van der Waals surface area (Å²) in [6.07, 6.45) is -0.999. The smallest absolute Gasteiger partial charge is 0.228 e. The molecular formula is C6H9Cl2NO. The van der Waals surface area contributed by atoms with Gasteiger partial charge < -0.3 is 5.11 Å². The zero-order valence-corrected chi connectivity index (χ0v) is 7.32. The van der Waals surface area contributed by atoms with Crippen LogP contribution in [0.3, 0.4) is 0 Å². The second kappa shape index (κ2) is 3.43. The number of rotatable bonds is 2. The molecule has 0 saturated carbocycles. The van der Waals surface area contributed by atoms with E-state index < -0.39 is 10.4 Å². The Morgan fingerprint density at radius 2 is 1.90 bits per heavy atom. The van der Waals surface area contributed by atoms with E-state index in [0.29, 0.717) is 0 Å². The summed E-state index contributed by atoms with van der Waals surface area (Å²) in [6.45, 7) is 3.48. The van der Waals surface area contributed by atoms with Crippen molar-refractivity contribution in [2.75, 3.05) is 0 Å². The van der Waals surface area contributed by atoms with Crippen molar-refractivity contribution in [3.05, 3.63) is 0 Å². The first-order chi connectivity index (χ1) is 4.41. The molecule has 0 saturated heterocycles. The average Bonchev–Trinajstić information content (AvgIpc) is 1.86. The third-order valence-electron chi connectivity index (χ3n) is 1.15. The summed E-state index contributed by atoms with van der Waals surface area (Å²) < 4.78 is -1.67. The molecule has 0 rings (SSSR count). The average molecular weight is 182 g/mol. The predicted octanol–water partition coefficient (Wildman–Crippen LogP) is 1.70. The lowest BCUT2D eigenvalue weighted by Gasteiger charge is -2.21. The van der Waals surface area contributed by atoms with Crippen molar-refractivity contribution in [2.45, 2.75) is 24.3 Å². The van der Waals surface area contributed by atoms with Crippen LogP contribution in [0.4, 0.5) is 0 Å². The normalized spacial score (nSPS) is 14.9. The fourth-order valence-electron chi connectivity index (χ4n) is 0.485. The Kier molecular flexibility index (Phi) is 3.44. The predicted molar refractivity (Wildman–Crippen MR) is 40.9 cm³/mol. The van der Waals surface area contributed by atoms with Gasteiger partial charge in [-0.15, -0.1) is 0 Å². The molecule has 1 unspecified atom stereocenters. The van der Waals surface area contributed by atoms with E-state index in [9.17, 15) is 0 Å². The molecule has 4 heteroatoms. The number of hydrogen-bond acceptors (Lipinski definition) is 2. The lowest BCUT2D eigenvalue weighted by atomic mass is 10.0. The molecule has 0 amide bonds. The monoisotopic (exact) mass is 181 g/mol. The summed E-state index contributed by atoms with van der Waals surface area (Å²) in [5.74, 6) is -0.116. The largest absolute Gasteiger partial charge is 0.389 e. The van der Waals surface area contributed by atoms with Crippen molar-refractivity contribution in [2.24, 2.45) is 5.92 Å². The van der Waals surface area contributed by atoms with E-state index in [0.717, 1.165) is 0 Å². The molecule has 0 aliphatic carbocycles. The molecule has 1 atom stereocenters. The number of nitriles is 1. The van der Waals surface area contributed by atoms with E-state index in [2.05, 4.69) is 0 Å². The number of alkyl halides is 2. The molecule has 0 bridgehead atoms. The quantitative estimate of drug-likeness (QED) is 0.660. The van der Waals surface area contributed by atoms with Crippen LogP contribution >= 0.6 is 23.2 Å². The number of nitrogens with zero attached hydrogens (tertiary/aromatic N) is 1. The Hall–Kier alpha value is 0.0300. The maximum atomic E-state index is 9.17. The van der Waals surface area contributed by atoms with E-state index in [1.54, 1.807) is 19.9 Å². The lowest BCUT2D eigenvalue weighted by Crippen LogP contribution is -2.33. The molecule has 0 heterocycles. The molecule has 0 aliphatic rings. The minimum Gasteiger partial charge on any atom is -0.389 e. The van der Waals surface area contributed by atoms with Gasteiger partial charge in [-0.3, -0.25) is 0 Å². The SMILES string of the molecule is CC(C)C(O)C(Cl)(Cl)C#N. The molecule has 0 aromatic carbocycles. The standard InChI is InChI=1S/C6H9Cl2NO/c1-4(2)5(10)6(7,8)3-9/h4-5,10H,1-2H3. The van der Waals surface area contributed by atoms with E-state index in [-0.39, 0.29) is 5.92 Å². The zero-order chi connectivity index (χ0) is 8.36. The third kappa shape index (κ3) is 2.34. The number of aliphatic hydroxyl groups excluding tert-OH is 1. The van der Waals surface area contributed by atoms with Crippen LogP contribution in [0.5, 0.6) is 0 Å². The molecule has 0 aliphatic heterocycles. The van der Waals surface area contributed by atoms with Crippen LogP contribution in [0.15, 0.2) is 0 Å². The van der Waals surface area contributed by atoms with E-state index in [1.165, 1.54) is 0 Å². The fourth-order valence-corrected chi connectivity index (χ4v) is 0.989. The van der Waals surface area contributed by atoms with Gasteiger partial charge in [0.1, 0.15) is 12.2 Å². The molecule has 0 aromatic rings. The Balaban J connectivity index is 4.22. The van der Waals surface area contributed by atoms with E-state index >= 15 is 0 Å². The molecule has 0 radical (unpaired) electrons. The number of aliphatic hydroxyl groups is 1. The van der Waals surface area contributed by atoms with Crippen molar-refractivity contribution in [3.8, 4) is 6.07 Å². The van der Waals surface area contributed by atoms with Crippen LogP contribution in [0.25, 0.3) is 0 Å². The maximum Gasteiger partial charge on any atom is 0.228 e. The maximum absolute atomic E-state index is 9.17. The Morgan fingerprint density at radius 1 is 1.50 bits per heavy atom. The van der Waals surface area contributed by atoms with Gasteiger partial charge in [0.25, 0.3) is 0 Å². The highest BCUT2D eigenvalue weighted by Crippen LogP contribution is 2.28. The van der Waals surface area contributed by atoms with Gasteiger partial charge in [0, 0.05) is 0 Å². The summed E-state index contributed by atoms with van der Waals surface area (Å²) in [6, 6.07) is 1.60. The highest BCUT2D eigenvalue weighted by atomic mass is 35.5. The van der Waals surface area contributed by atoms with Crippen LogP contribution in [0.2, 0.25) is 0 Å². The fraction of sp³-hybridized carbons (Fsp3) is 0.833. The van der Waals surface area contributed by atoms with Crippen molar-refractivity contribution < 1.29 is 5.11 Å². The number of halogens is 2. The van der Waals surface area contributed by atoms with Gasteiger partial charge in [-0.05, 0) is 5.92 Å². The molecule has 10 heavy (non-hydrogen) atoms. The molecular weight excluding hydrogens is 173 g/mol. The van der Waals surface area contributed by atoms with Crippen LogP contribution in [-0.2, 0) is 0 Å². The van der Waals surface area contributed by atoms with Gasteiger partial charge in [0.05, 0.1) is 0 Å². The van der Waals surface area contributed by atoms with Crippen LogP contribution in [-0.4, -0.2) is 15.5 Å². The zero-order valence-electron chi connectivity index (χ0n) is 5.81. The van der Waals surface area contributed by atoms with Crippen molar-refractivity contribution >= 4 is 23.2 Å². The van der Waals surface area contributed by atoms with Gasteiger partial charge in [-0.2, -0.15) is 5.26 Å². The minimum atomic E-state index is -1.67. The lowest BCUT2D eigenvalue weighted by molar-refractivity contribution is 0.122. The van der Waals surface area contributed by atoms with Crippen LogP contribution < -0.4 is 0 Å². The summed E-state index contributed by atoms with van der Waals surface area (Å²) in [4.78, 5) is 0. The summed E-state index contributed by atoms with van der Waals surface area (Å²) in [5, 5.41) is 17.5. The van der Waals surface area contributed by atoms with Gasteiger partial charge in [-0.1, -0.05) is 37.0 Å². The molecule has 2 nitrogen and oxygen atoms in total. The first kappa shape index (κ1) is 10.0. The minimum absolute atomic E-state index is 0.116. The molecule has 1 N–H and O–H groups in total. The summed E-state index contributed by atoms with van der Waals surface area (Å²) in [5.41, 5.74) is 0.